The minimum atomic E-state index is -1.42. The Morgan fingerprint density at radius 3 is 2.09 bits per heavy atom. The van der Waals surface area contributed by atoms with Gasteiger partial charge in [-0.05, 0) is 29.2 Å². The molecule has 0 aromatic heterocycles. The average Bonchev–Trinajstić information content (AvgIpc) is 3.01. The summed E-state index contributed by atoms with van der Waals surface area (Å²) in [6.45, 7) is 0.999. The lowest BCUT2D eigenvalue weighted by molar-refractivity contribution is -0.143. The number of hydrogen-bond donors (Lipinski definition) is 3. The van der Waals surface area contributed by atoms with Gasteiger partial charge in [0.25, 0.3) is 5.91 Å². The number of benzene rings is 3. The zero-order valence-electron chi connectivity index (χ0n) is 18.6. The first-order valence-electron chi connectivity index (χ1n) is 10.7. The van der Waals surface area contributed by atoms with Gasteiger partial charge in [-0.1, -0.05) is 78.9 Å². The normalized spacial score (nSPS) is 17.8. The van der Waals surface area contributed by atoms with Crippen molar-refractivity contribution in [1.29, 1.82) is 5.41 Å². The molecule has 8 nitrogen and oxygen atoms in total. The predicted molar refractivity (Wildman–Crippen MR) is 127 cm³/mol. The van der Waals surface area contributed by atoms with Crippen LogP contribution in [0.5, 0.6) is 0 Å². The molecule has 3 amide bonds. The molecule has 8 heteroatoms. The fourth-order valence-corrected chi connectivity index (χ4v) is 4.17. The molecule has 1 atom stereocenters. The zero-order valence-corrected chi connectivity index (χ0v) is 18.6. The minimum absolute atomic E-state index is 0.112. The number of carboxylic acid groups (broad SMARTS) is 1. The van der Waals surface area contributed by atoms with E-state index < -0.39 is 30.0 Å². The number of amidine groups is 1. The van der Waals surface area contributed by atoms with E-state index in [1.807, 2.05) is 54.6 Å². The molecule has 0 radical (unpaired) electrons. The van der Waals surface area contributed by atoms with Gasteiger partial charge < -0.3 is 15.7 Å². The number of nitrogens with one attached hydrogen (secondary N) is 1. The molecule has 1 fully saturated rings. The summed E-state index contributed by atoms with van der Waals surface area (Å²) < 4.78 is 0. The summed E-state index contributed by atoms with van der Waals surface area (Å²) in [5, 5.41) is 16.8. The molecule has 0 aliphatic carbocycles. The second-order valence-electron chi connectivity index (χ2n) is 8.28. The summed E-state index contributed by atoms with van der Waals surface area (Å²) in [6.07, 6.45) is 0. The van der Waals surface area contributed by atoms with Crippen molar-refractivity contribution in [3.05, 3.63) is 95.6 Å². The number of carboxylic acids is 1. The zero-order chi connectivity index (χ0) is 24.5. The monoisotopic (exact) mass is 456 g/mol. The van der Waals surface area contributed by atoms with Gasteiger partial charge in [-0.2, -0.15) is 0 Å². The van der Waals surface area contributed by atoms with Crippen LogP contribution in [-0.4, -0.2) is 45.2 Å². The van der Waals surface area contributed by atoms with E-state index in [9.17, 15) is 19.5 Å². The number of nitrogens with two attached hydrogens (primary N) is 1. The van der Waals surface area contributed by atoms with Crippen LogP contribution in [0.25, 0.3) is 11.1 Å². The van der Waals surface area contributed by atoms with E-state index in [0.29, 0.717) is 11.1 Å². The topological polar surface area (TPSA) is 128 Å². The number of nitrogens with zero attached hydrogens (tertiary/aromatic N) is 2. The van der Waals surface area contributed by atoms with Crippen LogP contribution in [0.2, 0.25) is 0 Å². The SMILES string of the molecule is CC1(c2ccc(C(=N)N)cc2)C(=O)N(CC(=O)O)C(=O)N1Cc1ccc(-c2ccccc2)cc1. The molecule has 1 aliphatic heterocycles. The molecule has 4 rings (SSSR count). The fraction of sp³-hybridized carbons (Fsp3) is 0.154. The van der Waals surface area contributed by atoms with Crippen LogP contribution in [0.1, 0.15) is 23.6 Å². The molecule has 3 aromatic carbocycles. The molecule has 1 heterocycles. The van der Waals surface area contributed by atoms with Crippen molar-refractivity contribution in [3.63, 3.8) is 0 Å². The van der Waals surface area contributed by atoms with Gasteiger partial charge in [0.1, 0.15) is 17.9 Å². The molecule has 1 aliphatic rings. The maximum atomic E-state index is 13.4. The molecular formula is C26H24N4O4. The van der Waals surface area contributed by atoms with Crippen molar-refractivity contribution in [3.8, 4) is 11.1 Å². The third-order valence-corrected chi connectivity index (χ3v) is 6.12. The van der Waals surface area contributed by atoms with Gasteiger partial charge >= 0.3 is 12.0 Å². The molecular weight excluding hydrogens is 432 g/mol. The molecule has 0 spiro atoms. The van der Waals surface area contributed by atoms with Crippen LogP contribution in [0.4, 0.5) is 4.79 Å². The Kier molecular flexibility index (Phi) is 5.89. The molecule has 0 saturated carbocycles. The Bertz CT molecular complexity index is 1260. The van der Waals surface area contributed by atoms with Crippen LogP contribution in [0.3, 0.4) is 0 Å². The maximum absolute atomic E-state index is 13.4. The second-order valence-corrected chi connectivity index (χ2v) is 8.28. The molecule has 3 aromatic rings. The van der Waals surface area contributed by atoms with Crippen LogP contribution in [-0.2, 0) is 21.7 Å². The molecule has 0 bridgehead atoms. The number of carbonyl (C=O) groups excluding carboxylic acids is 2. The van der Waals surface area contributed by atoms with Crippen LogP contribution < -0.4 is 5.73 Å². The summed E-state index contributed by atoms with van der Waals surface area (Å²) in [5.41, 5.74) is 7.98. The number of nitrogen functional groups attached to an aromatic ring is 1. The van der Waals surface area contributed by atoms with Crippen LogP contribution >= 0.6 is 0 Å². The quantitative estimate of drug-likeness (QED) is 0.285. The standard InChI is InChI=1S/C26H24N4O4/c1-26(21-13-11-20(12-14-21)23(27)28)24(33)29(16-22(31)32)25(34)30(26)15-17-7-9-19(10-8-17)18-5-3-2-4-6-18/h2-14H,15-16H2,1H3,(H3,27,28)(H,31,32). The first-order chi connectivity index (χ1) is 16.2. The Labute approximate surface area is 196 Å². The highest BCUT2D eigenvalue weighted by Crippen LogP contribution is 2.38. The highest BCUT2D eigenvalue weighted by molar-refractivity contribution is 6.08. The van der Waals surface area contributed by atoms with Gasteiger partial charge in [0.05, 0.1) is 0 Å². The highest BCUT2D eigenvalue weighted by atomic mass is 16.4. The van der Waals surface area contributed by atoms with Gasteiger partial charge in [-0.3, -0.25) is 19.9 Å². The summed E-state index contributed by atoms with van der Waals surface area (Å²) in [5.74, 6) is -2.00. The number of hydrogen-bond acceptors (Lipinski definition) is 4. The summed E-state index contributed by atoms with van der Waals surface area (Å²) in [4.78, 5) is 40.1. The number of imide groups is 1. The van der Waals surface area contributed by atoms with E-state index in [-0.39, 0.29) is 12.4 Å². The summed E-state index contributed by atoms with van der Waals surface area (Å²) in [6, 6.07) is 23.3. The number of urea groups is 1. The third kappa shape index (κ3) is 4.01. The first-order valence-corrected chi connectivity index (χ1v) is 10.7. The fourth-order valence-electron chi connectivity index (χ4n) is 4.17. The van der Waals surface area contributed by atoms with E-state index in [2.05, 4.69) is 0 Å². The van der Waals surface area contributed by atoms with Crippen LogP contribution in [0.15, 0.2) is 78.9 Å². The molecule has 172 valence electrons. The molecule has 34 heavy (non-hydrogen) atoms. The summed E-state index contributed by atoms with van der Waals surface area (Å²) >= 11 is 0. The van der Waals surface area contributed by atoms with Gasteiger partial charge in [-0.15, -0.1) is 0 Å². The Balaban J connectivity index is 1.70. The minimum Gasteiger partial charge on any atom is -0.480 e. The van der Waals surface area contributed by atoms with E-state index in [4.69, 9.17) is 11.1 Å². The number of rotatable bonds is 7. The van der Waals surface area contributed by atoms with E-state index in [0.717, 1.165) is 21.6 Å². The Morgan fingerprint density at radius 1 is 0.941 bits per heavy atom. The lowest BCUT2D eigenvalue weighted by atomic mass is 9.89. The largest absolute Gasteiger partial charge is 0.480 e. The summed E-state index contributed by atoms with van der Waals surface area (Å²) in [7, 11) is 0. The van der Waals surface area contributed by atoms with Crippen molar-refractivity contribution in [2.45, 2.75) is 19.0 Å². The third-order valence-electron chi connectivity index (χ3n) is 6.12. The van der Waals surface area contributed by atoms with Gasteiger partial charge in [0, 0.05) is 12.1 Å². The van der Waals surface area contributed by atoms with Crippen molar-refractivity contribution in [1.82, 2.24) is 9.80 Å². The van der Waals surface area contributed by atoms with E-state index in [1.165, 1.54) is 4.90 Å². The molecule has 4 N–H and O–H groups in total. The second kappa shape index (κ2) is 8.82. The van der Waals surface area contributed by atoms with Crippen molar-refractivity contribution in [2.75, 3.05) is 6.54 Å². The average molecular weight is 457 g/mol. The predicted octanol–water partition coefficient (Wildman–Crippen LogP) is 3.40. The smallest absolute Gasteiger partial charge is 0.328 e. The molecule has 1 unspecified atom stereocenters. The van der Waals surface area contributed by atoms with Crippen molar-refractivity contribution < 1.29 is 19.5 Å². The lowest BCUT2D eigenvalue weighted by Gasteiger charge is -2.32. The number of carbonyl (C=O) groups is 3. The van der Waals surface area contributed by atoms with E-state index in [1.54, 1.807) is 31.2 Å². The Hall–Kier alpha value is -4.46. The van der Waals surface area contributed by atoms with Crippen molar-refractivity contribution in [2.24, 2.45) is 5.73 Å². The maximum Gasteiger partial charge on any atom is 0.328 e. The lowest BCUT2D eigenvalue weighted by Crippen LogP contribution is -2.44. The number of aliphatic carboxylic acids is 1. The van der Waals surface area contributed by atoms with E-state index >= 15 is 0 Å². The Morgan fingerprint density at radius 2 is 1.53 bits per heavy atom. The highest BCUT2D eigenvalue weighted by Gasteiger charge is 2.55. The van der Waals surface area contributed by atoms with Gasteiger partial charge in [0.2, 0.25) is 0 Å². The van der Waals surface area contributed by atoms with Gasteiger partial charge in [0.15, 0.2) is 0 Å². The molecule has 1 saturated heterocycles. The van der Waals surface area contributed by atoms with Crippen molar-refractivity contribution >= 4 is 23.7 Å². The first kappa shape index (κ1) is 22.7. The number of amides is 3. The van der Waals surface area contributed by atoms with Crippen LogP contribution in [0, 0.1) is 5.41 Å². The van der Waals surface area contributed by atoms with Gasteiger partial charge in [-0.25, -0.2) is 4.79 Å².